The molecule has 0 heterocycles. The molecule has 0 aromatic heterocycles. The Morgan fingerprint density at radius 2 is 2.00 bits per heavy atom. The summed E-state index contributed by atoms with van der Waals surface area (Å²) in [6, 6.07) is 6.19. The molecule has 0 unspecified atom stereocenters. The van der Waals surface area contributed by atoms with Gasteiger partial charge in [0.15, 0.2) is 0 Å². The van der Waals surface area contributed by atoms with Gasteiger partial charge in [0.05, 0.1) is 0 Å². The number of nitrogens with one attached hydrogen (secondary N) is 1. The molecule has 0 saturated heterocycles. The molecule has 0 radical (unpaired) electrons. The van der Waals surface area contributed by atoms with Crippen LogP contribution in [-0.2, 0) is 16.0 Å². The molecule has 4 heteroatoms. The highest BCUT2D eigenvalue weighted by molar-refractivity contribution is 5.93. The molecule has 18 heavy (non-hydrogen) atoms. The summed E-state index contributed by atoms with van der Waals surface area (Å²) < 4.78 is 0. The van der Waals surface area contributed by atoms with Crippen molar-refractivity contribution in [3.63, 3.8) is 0 Å². The van der Waals surface area contributed by atoms with Gasteiger partial charge in [-0.15, -0.1) is 0 Å². The van der Waals surface area contributed by atoms with Gasteiger partial charge in [-0.05, 0) is 31.4 Å². The first kappa shape index (κ1) is 14.0. The summed E-state index contributed by atoms with van der Waals surface area (Å²) in [5, 5.41) is 11.0. The molecule has 2 N–H and O–H groups in total. The Kier molecular flexibility index (Phi) is 5.11. The Labute approximate surface area is 106 Å². The second-order valence-corrected chi connectivity index (χ2v) is 4.14. The number of benzene rings is 1. The highest BCUT2D eigenvalue weighted by Crippen LogP contribution is 2.10. The highest BCUT2D eigenvalue weighted by Gasteiger charge is 2.00. The first-order valence-corrected chi connectivity index (χ1v) is 5.74. The fourth-order valence-corrected chi connectivity index (χ4v) is 1.60. The molecule has 0 aliphatic carbocycles. The Bertz CT molecular complexity index is 478. The van der Waals surface area contributed by atoms with Crippen LogP contribution in [0.5, 0.6) is 0 Å². The first-order chi connectivity index (χ1) is 8.49. The van der Waals surface area contributed by atoms with Gasteiger partial charge < -0.3 is 10.4 Å². The zero-order valence-corrected chi connectivity index (χ0v) is 10.6. The maximum atomic E-state index is 11.2. The Hall–Kier alpha value is -2.10. The third kappa shape index (κ3) is 4.82. The summed E-state index contributed by atoms with van der Waals surface area (Å²) in [4.78, 5) is 21.4. The fraction of sp³-hybridized carbons (Fsp3) is 0.286. The summed E-state index contributed by atoms with van der Waals surface area (Å²) >= 11 is 0. The number of hydrogen-bond donors (Lipinski definition) is 2. The van der Waals surface area contributed by atoms with Gasteiger partial charge in [0.25, 0.3) is 0 Å². The van der Waals surface area contributed by atoms with E-state index in [1.54, 1.807) is 0 Å². The van der Waals surface area contributed by atoms with Crippen LogP contribution in [-0.4, -0.2) is 23.5 Å². The number of carboxylic acids is 1. The van der Waals surface area contributed by atoms with Crippen LogP contribution in [0, 0.1) is 13.8 Å². The van der Waals surface area contributed by atoms with Crippen LogP contribution in [0.1, 0.15) is 16.7 Å². The molecule has 1 aromatic carbocycles. The van der Waals surface area contributed by atoms with Gasteiger partial charge in [0, 0.05) is 18.7 Å². The molecule has 96 valence electrons. The van der Waals surface area contributed by atoms with Crippen molar-refractivity contribution < 1.29 is 14.7 Å². The topological polar surface area (TPSA) is 66.4 Å². The molecular formula is C14H17NO3. The van der Waals surface area contributed by atoms with E-state index in [2.05, 4.69) is 17.4 Å². The van der Waals surface area contributed by atoms with E-state index in [0.717, 1.165) is 18.6 Å². The molecule has 0 aliphatic rings. The lowest BCUT2D eigenvalue weighted by Gasteiger charge is -2.07. The Balaban J connectivity index is 2.44. The van der Waals surface area contributed by atoms with Gasteiger partial charge in [-0.3, -0.25) is 4.79 Å². The van der Waals surface area contributed by atoms with Crippen LogP contribution in [0.15, 0.2) is 30.4 Å². The number of aryl methyl sites for hydroxylation is 2. The maximum absolute atomic E-state index is 11.2. The van der Waals surface area contributed by atoms with Gasteiger partial charge in [-0.25, -0.2) is 4.79 Å². The summed E-state index contributed by atoms with van der Waals surface area (Å²) in [5.74, 6) is -1.51. The van der Waals surface area contributed by atoms with Crippen molar-refractivity contribution in [3.05, 3.63) is 47.0 Å². The van der Waals surface area contributed by atoms with Crippen LogP contribution in [0.4, 0.5) is 0 Å². The van der Waals surface area contributed by atoms with Gasteiger partial charge in [-0.2, -0.15) is 0 Å². The molecule has 1 rings (SSSR count). The Morgan fingerprint density at radius 1 is 1.28 bits per heavy atom. The van der Waals surface area contributed by atoms with E-state index in [1.807, 2.05) is 19.9 Å². The summed E-state index contributed by atoms with van der Waals surface area (Å²) in [6.07, 6.45) is 2.58. The monoisotopic (exact) mass is 247 g/mol. The van der Waals surface area contributed by atoms with E-state index in [1.165, 1.54) is 16.7 Å². The van der Waals surface area contributed by atoms with Gasteiger partial charge in [0.1, 0.15) is 0 Å². The van der Waals surface area contributed by atoms with Gasteiger partial charge >= 0.3 is 5.97 Å². The molecule has 0 spiro atoms. The lowest BCUT2D eigenvalue weighted by Crippen LogP contribution is -2.24. The zero-order chi connectivity index (χ0) is 13.5. The summed E-state index contributed by atoms with van der Waals surface area (Å²) in [6.45, 7) is 4.55. The van der Waals surface area contributed by atoms with Crippen molar-refractivity contribution >= 4 is 11.9 Å². The largest absolute Gasteiger partial charge is 0.478 e. The number of hydrogen-bond acceptors (Lipinski definition) is 2. The van der Waals surface area contributed by atoms with E-state index in [0.29, 0.717) is 6.54 Å². The third-order valence-corrected chi connectivity index (χ3v) is 2.58. The quantitative estimate of drug-likeness (QED) is 0.777. The van der Waals surface area contributed by atoms with Crippen molar-refractivity contribution in [3.8, 4) is 0 Å². The number of carbonyl (C=O) groups is 2. The predicted molar refractivity (Wildman–Crippen MR) is 69.4 cm³/mol. The van der Waals surface area contributed by atoms with Crippen molar-refractivity contribution in [1.82, 2.24) is 5.32 Å². The smallest absolute Gasteiger partial charge is 0.328 e. The number of aliphatic carboxylic acids is 1. The van der Waals surface area contributed by atoms with Crippen molar-refractivity contribution in [2.75, 3.05) is 6.54 Å². The highest BCUT2D eigenvalue weighted by atomic mass is 16.4. The van der Waals surface area contributed by atoms with Crippen LogP contribution in [0.25, 0.3) is 0 Å². The third-order valence-electron chi connectivity index (χ3n) is 2.58. The van der Waals surface area contributed by atoms with Crippen molar-refractivity contribution in [2.24, 2.45) is 0 Å². The van der Waals surface area contributed by atoms with Gasteiger partial charge in [-0.1, -0.05) is 23.8 Å². The minimum absolute atomic E-state index is 0.386. The molecule has 0 fully saturated rings. The second kappa shape index (κ2) is 6.59. The molecule has 0 bridgehead atoms. The van der Waals surface area contributed by atoms with Gasteiger partial charge in [0.2, 0.25) is 5.91 Å². The number of carbonyl (C=O) groups excluding carboxylic acids is 1. The SMILES string of the molecule is Cc1ccc(C)c(CCNC(=O)/C=C/C(=O)O)c1. The van der Waals surface area contributed by atoms with Crippen LogP contribution < -0.4 is 5.32 Å². The fourth-order valence-electron chi connectivity index (χ4n) is 1.60. The van der Waals surface area contributed by atoms with Crippen LogP contribution >= 0.6 is 0 Å². The average molecular weight is 247 g/mol. The number of amides is 1. The second-order valence-electron chi connectivity index (χ2n) is 4.14. The molecule has 4 nitrogen and oxygen atoms in total. The average Bonchev–Trinajstić information content (AvgIpc) is 2.31. The Morgan fingerprint density at radius 3 is 2.67 bits per heavy atom. The van der Waals surface area contributed by atoms with E-state index < -0.39 is 5.97 Å². The molecule has 0 aliphatic heterocycles. The minimum atomic E-state index is -1.13. The molecule has 1 aromatic rings. The number of carboxylic acid groups (broad SMARTS) is 1. The van der Waals surface area contributed by atoms with E-state index in [9.17, 15) is 9.59 Å². The predicted octanol–water partition coefficient (Wildman–Crippen LogP) is 1.60. The van der Waals surface area contributed by atoms with E-state index >= 15 is 0 Å². The van der Waals surface area contributed by atoms with Crippen molar-refractivity contribution in [2.45, 2.75) is 20.3 Å². The van der Waals surface area contributed by atoms with E-state index in [-0.39, 0.29) is 5.91 Å². The lowest BCUT2D eigenvalue weighted by atomic mass is 10.0. The molecule has 1 amide bonds. The standard InChI is InChI=1S/C14H17NO3/c1-10-3-4-11(2)12(9-10)7-8-15-13(16)5-6-14(17)18/h3-6,9H,7-8H2,1-2H3,(H,15,16)(H,17,18)/b6-5+. The molecule has 0 atom stereocenters. The molecule has 0 saturated carbocycles. The normalized spacial score (nSPS) is 10.6. The zero-order valence-electron chi connectivity index (χ0n) is 10.6. The van der Waals surface area contributed by atoms with E-state index in [4.69, 9.17) is 5.11 Å². The summed E-state index contributed by atoms with van der Waals surface area (Å²) in [5.41, 5.74) is 3.57. The minimum Gasteiger partial charge on any atom is -0.478 e. The lowest BCUT2D eigenvalue weighted by molar-refractivity contribution is -0.131. The maximum Gasteiger partial charge on any atom is 0.328 e. The molecular weight excluding hydrogens is 230 g/mol. The van der Waals surface area contributed by atoms with Crippen LogP contribution in [0.3, 0.4) is 0 Å². The first-order valence-electron chi connectivity index (χ1n) is 5.74. The number of rotatable bonds is 5. The summed E-state index contributed by atoms with van der Waals surface area (Å²) in [7, 11) is 0. The van der Waals surface area contributed by atoms with Crippen molar-refractivity contribution in [1.29, 1.82) is 0 Å². The van der Waals surface area contributed by atoms with Crippen LogP contribution in [0.2, 0.25) is 0 Å².